The smallest absolute Gasteiger partial charge is 0.341 e. The Balaban J connectivity index is 1.64. The highest BCUT2D eigenvalue weighted by Crippen LogP contribution is 2.38. The van der Waals surface area contributed by atoms with Gasteiger partial charge in [0.15, 0.2) is 5.11 Å². The van der Waals surface area contributed by atoms with Gasteiger partial charge in [-0.05, 0) is 74.9 Å². The lowest BCUT2D eigenvalue weighted by Crippen LogP contribution is -2.38. The lowest BCUT2D eigenvalue weighted by atomic mass is 10.0. The summed E-state index contributed by atoms with van der Waals surface area (Å²) in [6, 6.07) is 8.42. The lowest BCUT2D eigenvalue weighted by molar-refractivity contribution is 0.0527. The number of nitrogens with zero attached hydrogens (tertiary/aromatic N) is 1. The standard InChI is InChI=1S/C22H26N2O2S2/c1-2-26-21(25)19-16-11-4-3-5-13-18(16)28-20(19)23-22(27)24-14-8-10-15-9-6-7-12-17(15)24/h6-7,9,12H,2-5,8,10-11,13-14H2,1H3,(H,23,27). The van der Waals surface area contributed by atoms with E-state index in [0.29, 0.717) is 17.3 Å². The molecule has 2 heterocycles. The molecule has 0 saturated heterocycles. The van der Waals surface area contributed by atoms with Crippen molar-refractivity contribution in [2.75, 3.05) is 23.4 Å². The number of ether oxygens (including phenoxy) is 1. The average Bonchev–Trinajstić information content (AvgIpc) is 2.88. The summed E-state index contributed by atoms with van der Waals surface area (Å²) >= 11 is 7.46. The van der Waals surface area contributed by atoms with Crippen LogP contribution in [-0.2, 0) is 24.0 Å². The Labute approximate surface area is 175 Å². The molecule has 4 nitrogen and oxygen atoms in total. The number of hydrogen-bond acceptors (Lipinski definition) is 4. The molecule has 1 aromatic heterocycles. The number of aryl methyl sites for hydroxylation is 2. The van der Waals surface area contributed by atoms with E-state index in [4.69, 9.17) is 17.0 Å². The van der Waals surface area contributed by atoms with E-state index >= 15 is 0 Å². The van der Waals surface area contributed by atoms with Gasteiger partial charge in [0.25, 0.3) is 0 Å². The van der Waals surface area contributed by atoms with Crippen LogP contribution in [0.1, 0.15) is 59.0 Å². The molecule has 1 aromatic carbocycles. The monoisotopic (exact) mass is 414 g/mol. The SMILES string of the molecule is CCOC(=O)c1c(NC(=S)N2CCCc3ccccc32)sc2c1CCCCC2. The Kier molecular flexibility index (Phi) is 5.97. The maximum atomic E-state index is 12.8. The molecule has 0 radical (unpaired) electrons. The lowest BCUT2D eigenvalue weighted by Gasteiger charge is -2.31. The number of thiophene rings is 1. The predicted octanol–water partition coefficient (Wildman–Crippen LogP) is 5.34. The fraction of sp³-hybridized carbons (Fsp3) is 0.455. The van der Waals surface area contributed by atoms with Crippen molar-refractivity contribution in [1.29, 1.82) is 0 Å². The van der Waals surface area contributed by atoms with Crippen LogP contribution in [0.3, 0.4) is 0 Å². The fourth-order valence-electron chi connectivity index (χ4n) is 4.16. The zero-order chi connectivity index (χ0) is 19.5. The highest BCUT2D eigenvalue weighted by Gasteiger charge is 2.27. The van der Waals surface area contributed by atoms with Gasteiger partial charge in [0.2, 0.25) is 0 Å². The molecule has 0 bridgehead atoms. The van der Waals surface area contributed by atoms with Crippen LogP contribution in [0.2, 0.25) is 0 Å². The average molecular weight is 415 g/mol. The number of nitrogens with one attached hydrogen (secondary N) is 1. The van der Waals surface area contributed by atoms with Crippen molar-refractivity contribution in [3.8, 4) is 0 Å². The topological polar surface area (TPSA) is 41.6 Å². The summed E-state index contributed by atoms with van der Waals surface area (Å²) < 4.78 is 5.39. The molecule has 0 saturated carbocycles. The first-order chi connectivity index (χ1) is 13.7. The van der Waals surface area contributed by atoms with Crippen molar-refractivity contribution >= 4 is 45.3 Å². The molecular formula is C22H26N2O2S2. The second kappa shape index (κ2) is 8.62. The quantitative estimate of drug-likeness (QED) is 0.417. The Hall–Kier alpha value is -1.92. The van der Waals surface area contributed by atoms with E-state index in [9.17, 15) is 4.79 Å². The molecule has 1 N–H and O–H groups in total. The van der Waals surface area contributed by atoms with E-state index in [1.54, 1.807) is 11.3 Å². The number of thiocarbonyl (C=S) groups is 1. The van der Waals surface area contributed by atoms with Crippen LogP contribution in [0.15, 0.2) is 24.3 Å². The number of esters is 1. The molecule has 2 aromatic rings. The maximum Gasteiger partial charge on any atom is 0.341 e. The molecule has 0 unspecified atom stereocenters. The maximum absolute atomic E-state index is 12.8. The Morgan fingerprint density at radius 1 is 1.18 bits per heavy atom. The molecule has 0 spiro atoms. The molecule has 2 aliphatic rings. The van der Waals surface area contributed by atoms with Crippen molar-refractivity contribution in [1.82, 2.24) is 0 Å². The second-order valence-corrected chi connectivity index (χ2v) is 8.79. The molecule has 0 amide bonds. The first-order valence-electron chi connectivity index (χ1n) is 10.2. The van der Waals surface area contributed by atoms with E-state index < -0.39 is 0 Å². The van der Waals surface area contributed by atoms with E-state index in [1.165, 1.54) is 34.5 Å². The highest BCUT2D eigenvalue weighted by molar-refractivity contribution is 7.80. The molecule has 148 valence electrons. The van der Waals surface area contributed by atoms with Crippen LogP contribution in [-0.4, -0.2) is 24.2 Å². The Morgan fingerprint density at radius 3 is 2.86 bits per heavy atom. The number of rotatable bonds is 3. The van der Waals surface area contributed by atoms with Gasteiger partial charge in [-0.3, -0.25) is 0 Å². The van der Waals surface area contributed by atoms with Crippen LogP contribution in [0.5, 0.6) is 0 Å². The zero-order valence-electron chi connectivity index (χ0n) is 16.3. The second-order valence-electron chi connectivity index (χ2n) is 7.30. The van der Waals surface area contributed by atoms with Gasteiger partial charge in [-0.2, -0.15) is 0 Å². The summed E-state index contributed by atoms with van der Waals surface area (Å²) in [5.41, 5.74) is 4.37. The summed E-state index contributed by atoms with van der Waals surface area (Å²) in [6.45, 7) is 3.13. The van der Waals surface area contributed by atoms with E-state index in [-0.39, 0.29) is 5.97 Å². The Bertz CT molecular complexity index is 891. The van der Waals surface area contributed by atoms with Gasteiger partial charge in [-0.15, -0.1) is 11.3 Å². The molecule has 28 heavy (non-hydrogen) atoms. The van der Waals surface area contributed by atoms with Gasteiger partial charge in [0.05, 0.1) is 12.2 Å². The van der Waals surface area contributed by atoms with Crippen molar-refractivity contribution < 1.29 is 9.53 Å². The van der Waals surface area contributed by atoms with Gasteiger partial charge in [0.1, 0.15) is 5.00 Å². The summed E-state index contributed by atoms with van der Waals surface area (Å²) in [6.07, 6.45) is 7.66. The Morgan fingerprint density at radius 2 is 2.00 bits per heavy atom. The third-order valence-electron chi connectivity index (χ3n) is 5.48. The first-order valence-corrected chi connectivity index (χ1v) is 11.4. The number of anilines is 2. The molecule has 6 heteroatoms. The molecule has 0 atom stereocenters. The molecule has 0 fully saturated rings. The fourth-order valence-corrected chi connectivity index (χ4v) is 5.79. The number of benzene rings is 1. The van der Waals surface area contributed by atoms with E-state index in [2.05, 4.69) is 34.5 Å². The molecule has 1 aliphatic carbocycles. The normalized spacial score (nSPS) is 16.0. The van der Waals surface area contributed by atoms with Crippen molar-refractivity contribution in [2.24, 2.45) is 0 Å². The van der Waals surface area contributed by atoms with E-state index in [0.717, 1.165) is 43.6 Å². The molecule has 1 aliphatic heterocycles. The van der Waals surface area contributed by atoms with Gasteiger partial charge >= 0.3 is 5.97 Å². The van der Waals surface area contributed by atoms with Crippen molar-refractivity contribution in [3.63, 3.8) is 0 Å². The summed E-state index contributed by atoms with van der Waals surface area (Å²) in [7, 11) is 0. The summed E-state index contributed by atoms with van der Waals surface area (Å²) in [5.74, 6) is -0.230. The highest BCUT2D eigenvalue weighted by atomic mass is 32.1. The van der Waals surface area contributed by atoms with Crippen molar-refractivity contribution in [3.05, 3.63) is 45.8 Å². The van der Waals surface area contributed by atoms with Gasteiger partial charge in [0, 0.05) is 17.1 Å². The van der Waals surface area contributed by atoms with Crippen LogP contribution in [0, 0.1) is 0 Å². The van der Waals surface area contributed by atoms with Gasteiger partial charge in [-0.25, -0.2) is 4.79 Å². The first kappa shape index (κ1) is 19.4. The number of carbonyl (C=O) groups is 1. The van der Waals surface area contributed by atoms with Crippen LogP contribution in [0.4, 0.5) is 10.7 Å². The minimum atomic E-state index is -0.230. The molecule has 4 rings (SSSR count). The largest absolute Gasteiger partial charge is 0.462 e. The third-order valence-corrected chi connectivity index (χ3v) is 7.01. The van der Waals surface area contributed by atoms with Crippen molar-refractivity contribution in [2.45, 2.75) is 51.9 Å². The third kappa shape index (κ3) is 3.80. The number of hydrogen-bond donors (Lipinski definition) is 1. The summed E-state index contributed by atoms with van der Waals surface area (Å²) in [5, 5.41) is 4.92. The van der Waals surface area contributed by atoms with Gasteiger partial charge < -0.3 is 15.0 Å². The van der Waals surface area contributed by atoms with Crippen LogP contribution < -0.4 is 10.2 Å². The minimum Gasteiger partial charge on any atom is -0.462 e. The number of para-hydroxylation sites is 1. The van der Waals surface area contributed by atoms with E-state index in [1.807, 2.05) is 6.92 Å². The minimum absolute atomic E-state index is 0.230. The number of fused-ring (bicyclic) bond motifs is 2. The predicted molar refractivity (Wildman–Crippen MR) is 120 cm³/mol. The van der Waals surface area contributed by atoms with Gasteiger partial charge in [-0.1, -0.05) is 24.6 Å². The van der Waals surface area contributed by atoms with Crippen LogP contribution >= 0.6 is 23.6 Å². The number of carbonyl (C=O) groups excluding carboxylic acids is 1. The zero-order valence-corrected chi connectivity index (χ0v) is 17.9. The molecular weight excluding hydrogens is 388 g/mol. The summed E-state index contributed by atoms with van der Waals surface area (Å²) in [4.78, 5) is 16.2. The van der Waals surface area contributed by atoms with Crippen LogP contribution in [0.25, 0.3) is 0 Å².